The summed E-state index contributed by atoms with van der Waals surface area (Å²) in [6.45, 7) is 34.2. The SMILES string of the molecule is [C-]#[N+]/C(C#N)=C1\c2sc(-c3sc(-c4ccc(-c5cc(CCCCCC)c(-c6cc7c(s6)/C(=C(\C#N)[N+]#[C-])C(F)(F)/C7=C(/C#N)[N+]#[C-])s5)s4)cc3CCCCCC)cc2/C(=C(/C#N)[N+]#[C-])C1(F)F. The van der Waals surface area contributed by atoms with Gasteiger partial charge in [-0.2, -0.15) is 17.6 Å². The summed E-state index contributed by atoms with van der Waals surface area (Å²) in [5, 5.41) is 38.9. The lowest BCUT2D eigenvalue weighted by molar-refractivity contribution is 0.137. The predicted octanol–water partition coefficient (Wildman–Crippen LogP) is 16.8. The lowest BCUT2D eigenvalue weighted by atomic mass is 10.0. The maximum absolute atomic E-state index is 16.0. The molecule has 8 nitrogen and oxygen atoms in total. The first kappa shape index (κ1) is 48.0. The first-order valence-corrected chi connectivity index (χ1v) is 24.9. The Bertz CT molecular complexity index is 2920. The molecule has 0 bridgehead atoms. The van der Waals surface area contributed by atoms with E-state index in [0.717, 1.165) is 114 Å². The maximum atomic E-state index is 16.0. The molecule has 17 heteroatoms. The highest BCUT2D eigenvalue weighted by Gasteiger charge is 2.53. The number of alkyl halides is 4. The molecule has 0 saturated heterocycles. The summed E-state index contributed by atoms with van der Waals surface area (Å²) in [5.41, 5.74) is -4.50. The second-order valence-electron chi connectivity index (χ2n) is 15.4. The van der Waals surface area contributed by atoms with Gasteiger partial charge in [0.15, 0.2) is 0 Å². The summed E-state index contributed by atoms with van der Waals surface area (Å²) >= 11 is 6.54. The van der Waals surface area contributed by atoms with Crippen molar-refractivity contribution in [2.75, 3.05) is 0 Å². The molecule has 5 aromatic heterocycles. The molecule has 0 atom stereocenters. The molecule has 2 aliphatic rings. The Morgan fingerprint density at radius 2 is 0.806 bits per heavy atom. The highest BCUT2D eigenvalue weighted by atomic mass is 32.1. The van der Waals surface area contributed by atoms with Crippen LogP contribution in [0.15, 0.2) is 59.2 Å². The molecular weight excluding hydrogens is 949 g/mol. The molecular formula is C50H32F4N8S5. The second-order valence-corrected chi connectivity index (χ2v) is 20.7. The van der Waals surface area contributed by atoms with Crippen LogP contribution in [0.25, 0.3) is 80.7 Å². The topological polar surface area (TPSA) is 113 Å². The van der Waals surface area contributed by atoms with E-state index in [4.69, 9.17) is 26.3 Å². The highest BCUT2D eigenvalue weighted by molar-refractivity contribution is 7.30. The number of rotatable bonds is 14. The number of nitrogens with zero attached hydrogens (tertiary/aromatic N) is 8. The number of nitriles is 4. The van der Waals surface area contributed by atoms with E-state index in [1.165, 1.54) is 22.7 Å². The zero-order valence-electron chi connectivity index (χ0n) is 35.7. The molecule has 5 heterocycles. The second kappa shape index (κ2) is 19.9. The quantitative estimate of drug-likeness (QED) is 0.0477. The van der Waals surface area contributed by atoms with Crippen molar-refractivity contribution < 1.29 is 17.6 Å². The monoisotopic (exact) mass is 980 g/mol. The number of halogens is 4. The van der Waals surface area contributed by atoms with Crippen molar-refractivity contribution in [1.82, 2.24) is 0 Å². The average molecular weight is 981 g/mol. The van der Waals surface area contributed by atoms with Crippen molar-refractivity contribution in [3.05, 3.63) is 137 Å². The number of aryl methyl sites for hydroxylation is 2. The van der Waals surface area contributed by atoms with E-state index in [-0.39, 0.29) is 20.9 Å². The van der Waals surface area contributed by atoms with Gasteiger partial charge in [-0.05, 0) is 84.3 Å². The standard InChI is InChI=1S/C50H32F4N8S5/c1-7-9-11-13-15-27-19-37(64-45(27)39-21-29-41(31(23-55)59-3)49(51,52)43(47(29)66-39)33(25-57)61-5)35-17-18-36(63-35)38-20-28(16-14-12-10-8-2)46(65-38)40-22-30-42(32(24-56)60-4)50(53,54)44(48(30)67-40)34(26-58)62-6/h17-22H,7-16H2,1-2H3/b41-31-,42-32+,43-33-,44-34+. The van der Waals surface area contributed by atoms with Crippen LogP contribution in [-0.4, -0.2) is 11.8 Å². The molecule has 67 heavy (non-hydrogen) atoms. The third-order valence-electron chi connectivity index (χ3n) is 11.3. The normalized spacial score (nSPS) is 17.0. The number of hydrogen-bond acceptors (Lipinski definition) is 9. The zero-order valence-corrected chi connectivity index (χ0v) is 39.7. The summed E-state index contributed by atoms with van der Waals surface area (Å²) in [7, 11) is 0. The first-order chi connectivity index (χ1) is 32.3. The molecule has 0 spiro atoms. The summed E-state index contributed by atoms with van der Waals surface area (Å²) in [5.74, 6) is -7.79. The van der Waals surface area contributed by atoms with Gasteiger partial charge in [-0.25, -0.2) is 40.4 Å². The molecule has 0 unspecified atom stereocenters. The fourth-order valence-electron chi connectivity index (χ4n) is 8.21. The third kappa shape index (κ3) is 8.55. The third-order valence-corrected chi connectivity index (χ3v) is 17.8. The minimum Gasteiger partial charge on any atom is -0.226 e. The molecule has 0 aliphatic heterocycles. The van der Waals surface area contributed by atoms with E-state index in [9.17, 15) is 21.0 Å². The Hall–Kier alpha value is -6.90. The van der Waals surface area contributed by atoms with E-state index in [2.05, 4.69) is 45.4 Å². The molecule has 0 saturated carbocycles. The molecule has 0 fully saturated rings. The van der Waals surface area contributed by atoms with Crippen LogP contribution < -0.4 is 0 Å². The van der Waals surface area contributed by atoms with Crippen LogP contribution in [0, 0.1) is 71.6 Å². The van der Waals surface area contributed by atoms with Crippen molar-refractivity contribution in [2.24, 2.45) is 0 Å². The molecule has 5 aromatic rings. The minimum atomic E-state index is -3.89. The average Bonchev–Trinajstić information content (AvgIpc) is 4.19. The number of fused-ring (bicyclic) bond motifs is 2. The maximum Gasteiger partial charge on any atom is 0.284 e. The van der Waals surface area contributed by atoms with Gasteiger partial charge in [0.1, 0.15) is 0 Å². The highest BCUT2D eigenvalue weighted by Crippen LogP contribution is 2.61. The number of hydrogen-bond donors (Lipinski definition) is 0. The zero-order chi connectivity index (χ0) is 48.2. The van der Waals surface area contributed by atoms with E-state index in [1.807, 2.05) is 12.1 Å². The van der Waals surface area contributed by atoms with Crippen LogP contribution in [0.5, 0.6) is 0 Å². The molecule has 0 aromatic carbocycles. The molecule has 0 radical (unpaired) electrons. The first-order valence-electron chi connectivity index (χ1n) is 20.8. The van der Waals surface area contributed by atoms with Crippen LogP contribution >= 0.6 is 56.7 Å². The molecule has 2 aliphatic carbocycles. The van der Waals surface area contributed by atoms with Gasteiger partial charge in [-0.15, -0.1) is 56.7 Å². The van der Waals surface area contributed by atoms with E-state index in [0.29, 0.717) is 22.6 Å². The fraction of sp³-hybridized carbons (Fsp3) is 0.280. The molecule has 0 N–H and O–H groups in total. The number of thiophene rings is 5. The van der Waals surface area contributed by atoms with Crippen molar-refractivity contribution in [2.45, 2.75) is 89.9 Å². The Morgan fingerprint density at radius 1 is 0.463 bits per heavy atom. The van der Waals surface area contributed by atoms with Gasteiger partial charge in [0.05, 0.1) is 61.7 Å². The minimum absolute atomic E-state index is 0.0128. The van der Waals surface area contributed by atoms with Gasteiger partial charge >= 0.3 is 0 Å². The largest absolute Gasteiger partial charge is 0.284 e. The summed E-state index contributed by atoms with van der Waals surface area (Å²) in [6, 6.07) is 17.7. The molecule has 7 rings (SSSR count). The summed E-state index contributed by atoms with van der Waals surface area (Å²) < 4.78 is 64.1. The Morgan fingerprint density at radius 3 is 1.13 bits per heavy atom. The summed E-state index contributed by atoms with van der Waals surface area (Å²) in [4.78, 5) is 19.0. The van der Waals surface area contributed by atoms with Crippen molar-refractivity contribution >= 4 is 79.0 Å². The van der Waals surface area contributed by atoms with Crippen LogP contribution in [0.1, 0.15) is 97.2 Å². The van der Waals surface area contributed by atoms with Gasteiger partial charge in [0.25, 0.3) is 34.6 Å². The van der Waals surface area contributed by atoms with Gasteiger partial charge in [0.2, 0.25) is 0 Å². The lowest BCUT2D eigenvalue weighted by Crippen LogP contribution is -2.16. The smallest absolute Gasteiger partial charge is 0.226 e. The van der Waals surface area contributed by atoms with E-state index < -0.39 is 56.9 Å². The fourth-order valence-corrected chi connectivity index (χ4v) is 14.6. The van der Waals surface area contributed by atoms with Crippen LogP contribution in [-0.2, 0) is 12.8 Å². The van der Waals surface area contributed by atoms with Crippen LogP contribution in [0.2, 0.25) is 0 Å². The van der Waals surface area contributed by atoms with Crippen molar-refractivity contribution in [3.8, 4) is 63.3 Å². The van der Waals surface area contributed by atoms with E-state index in [1.54, 1.807) is 47.7 Å². The van der Waals surface area contributed by atoms with Crippen molar-refractivity contribution in [3.63, 3.8) is 0 Å². The van der Waals surface area contributed by atoms with Crippen molar-refractivity contribution in [1.29, 1.82) is 21.0 Å². The molecule has 0 amide bonds. The summed E-state index contributed by atoms with van der Waals surface area (Å²) in [6.07, 6.45) is 9.24. The van der Waals surface area contributed by atoms with Crippen LogP contribution in [0.4, 0.5) is 17.6 Å². The van der Waals surface area contributed by atoms with Gasteiger partial charge in [0, 0.05) is 59.9 Å². The Kier molecular flexibility index (Phi) is 14.3. The Labute approximate surface area is 405 Å². The number of unbranched alkanes of at least 4 members (excludes halogenated alkanes) is 6. The lowest BCUT2D eigenvalue weighted by Gasteiger charge is -2.15. The molecule has 330 valence electrons. The van der Waals surface area contributed by atoms with Crippen LogP contribution in [0.3, 0.4) is 0 Å². The van der Waals surface area contributed by atoms with Gasteiger partial charge < -0.3 is 0 Å². The van der Waals surface area contributed by atoms with Gasteiger partial charge in [-0.3, -0.25) is 0 Å². The van der Waals surface area contributed by atoms with Gasteiger partial charge in [-0.1, -0.05) is 52.4 Å². The predicted molar refractivity (Wildman–Crippen MR) is 260 cm³/mol. The van der Waals surface area contributed by atoms with E-state index >= 15 is 17.6 Å². The number of allylic oxidation sites excluding steroid dienone is 8. The Balaban J connectivity index is 1.33.